The van der Waals surface area contributed by atoms with Crippen LogP contribution in [0.5, 0.6) is 0 Å². The molecule has 0 N–H and O–H groups in total. The van der Waals surface area contributed by atoms with Crippen molar-refractivity contribution >= 4 is 5.78 Å². The van der Waals surface area contributed by atoms with Gasteiger partial charge in [-0.2, -0.15) is 4.98 Å². The van der Waals surface area contributed by atoms with Crippen LogP contribution < -0.4 is 0 Å². The lowest BCUT2D eigenvalue weighted by Gasteiger charge is -2.11. The fourth-order valence-electron chi connectivity index (χ4n) is 1.94. The van der Waals surface area contributed by atoms with Crippen molar-refractivity contribution < 1.29 is 9.32 Å². The molecule has 0 atom stereocenters. The second kappa shape index (κ2) is 5.21. The maximum atomic E-state index is 10.9. The van der Waals surface area contributed by atoms with Crippen LogP contribution in [0.2, 0.25) is 0 Å². The molecular formula is C11H17N3O2. The average Bonchev–Trinajstić information content (AvgIpc) is 2.84. The summed E-state index contributed by atoms with van der Waals surface area (Å²) in [5.41, 5.74) is 0. The number of ketones is 1. The van der Waals surface area contributed by atoms with E-state index in [-0.39, 0.29) is 12.2 Å². The zero-order chi connectivity index (χ0) is 11.4. The Bertz CT molecular complexity index is 356. The first-order valence-corrected chi connectivity index (χ1v) is 5.77. The molecule has 0 radical (unpaired) electrons. The number of nitrogens with zero attached hydrogens (tertiary/aromatic N) is 3. The Morgan fingerprint density at radius 3 is 2.88 bits per heavy atom. The standard InChI is InChI=1S/C11H17N3O2/c1-9(15)8-11-12-10(13-16-11)4-7-14-5-2-3-6-14/h2-8H2,1H3. The lowest BCUT2D eigenvalue weighted by Crippen LogP contribution is -2.22. The van der Waals surface area contributed by atoms with Crippen molar-refractivity contribution in [3.8, 4) is 0 Å². The van der Waals surface area contributed by atoms with Gasteiger partial charge in [0.05, 0.1) is 6.42 Å². The third-order valence-electron chi connectivity index (χ3n) is 2.76. The summed E-state index contributed by atoms with van der Waals surface area (Å²) in [4.78, 5) is 17.4. The molecule has 0 unspecified atom stereocenters. The summed E-state index contributed by atoms with van der Waals surface area (Å²) in [6.07, 6.45) is 3.64. The first kappa shape index (κ1) is 11.3. The summed E-state index contributed by atoms with van der Waals surface area (Å²) in [6.45, 7) is 4.86. The molecule has 1 aromatic heterocycles. The number of rotatable bonds is 5. The average molecular weight is 223 g/mol. The van der Waals surface area contributed by atoms with Crippen LogP contribution in [0, 0.1) is 0 Å². The highest BCUT2D eigenvalue weighted by Crippen LogP contribution is 2.08. The largest absolute Gasteiger partial charge is 0.339 e. The fraction of sp³-hybridized carbons (Fsp3) is 0.727. The van der Waals surface area contributed by atoms with E-state index in [1.807, 2.05) is 0 Å². The van der Waals surface area contributed by atoms with E-state index in [4.69, 9.17) is 4.52 Å². The minimum Gasteiger partial charge on any atom is -0.339 e. The van der Waals surface area contributed by atoms with Crippen LogP contribution in [-0.2, 0) is 17.6 Å². The van der Waals surface area contributed by atoms with Gasteiger partial charge in [0.15, 0.2) is 5.82 Å². The van der Waals surface area contributed by atoms with Gasteiger partial charge < -0.3 is 9.42 Å². The molecule has 5 nitrogen and oxygen atoms in total. The SMILES string of the molecule is CC(=O)Cc1nc(CCN2CCCC2)no1. The van der Waals surface area contributed by atoms with Crippen molar-refractivity contribution in [3.63, 3.8) is 0 Å². The van der Waals surface area contributed by atoms with Crippen molar-refractivity contribution in [2.45, 2.75) is 32.6 Å². The Hall–Kier alpha value is -1.23. The van der Waals surface area contributed by atoms with Gasteiger partial charge in [-0.05, 0) is 32.9 Å². The second-order valence-corrected chi connectivity index (χ2v) is 4.28. The van der Waals surface area contributed by atoms with Gasteiger partial charge in [0.1, 0.15) is 5.78 Å². The lowest BCUT2D eigenvalue weighted by molar-refractivity contribution is -0.116. The Morgan fingerprint density at radius 2 is 2.19 bits per heavy atom. The van der Waals surface area contributed by atoms with Crippen LogP contribution in [0.25, 0.3) is 0 Å². The molecule has 2 rings (SSSR count). The van der Waals surface area contributed by atoms with E-state index in [0.717, 1.165) is 13.0 Å². The fourth-order valence-corrected chi connectivity index (χ4v) is 1.94. The monoisotopic (exact) mass is 223 g/mol. The minimum atomic E-state index is 0.0507. The molecule has 0 amide bonds. The van der Waals surface area contributed by atoms with Crippen molar-refractivity contribution in [1.29, 1.82) is 0 Å². The number of carbonyl (C=O) groups excluding carboxylic acids is 1. The van der Waals surface area contributed by atoms with Gasteiger partial charge in [-0.3, -0.25) is 4.79 Å². The van der Waals surface area contributed by atoms with Crippen LogP contribution in [0.4, 0.5) is 0 Å². The quantitative estimate of drug-likeness (QED) is 0.740. The Labute approximate surface area is 94.8 Å². The number of hydrogen-bond donors (Lipinski definition) is 0. The highest BCUT2D eigenvalue weighted by molar-refractivity contribution is 5.77. The first-order chi connectivity index (χ1) is 7.74. The van der Waals surface area contributed by atoms with Crippen LogP contribution >= 0.6 is 0 Å². The molecule has 1 aromatic rings. The molecule has 0 aromatic carbocycles. The van der Waals surface area contributed by atoms with Crippen LogP contribution in [-0.4, -0.2) is 40.5 Å². The summed E-state index contributed by atoms with van der Waals surface area (Å²) < 4.78 is 4.99. The zero-order valence-electron chi connectivity index (χ0n) is 9.61. The summed E-state index contributed by atoms with van der Waals surface area (Å²) in [7, 11) is 0. The van der Waals surface area contributed by atoms with Crippen molar-refractivity contribution in [2.24, 2.45) is 0 Å². The van der Waals surface area contributed by atoms with Crippen molar-refractivity contribution in [2.75, 3.05) is 19.6 Å². The molecule has 16 heavy (non-hydrogen) atoms. The first-order valence-electron chi connectivity index (χ1n) is 5.77. The summed E-state index contributed by atoms with van der Waals surface area (Å²) >= 11 is 0. The number of hydrogen-bond acceptors (Lipinski definition) is 5. The number of carbonyl (C=O) groups is 1. The smallest absolute Gasteiger partial charge is 0.234 e. The predicted octanol–water partition coefficient (Wildman–Crippen LogP) is 0.839. The molecule has 1 aliphatic heterocycles. The summed E-state index contributed by atoms with van der Waals surface area (Å²) in [6, 6.07) is 0. The summed E-state index contributed by atoms with van der Waals surface area (Å²) in [5.74, 6) is 1.20. The molecule has 0 aliphatic carbocycles. The molecule has 0 saturated carbocycles. The molecule has 0 bridgehead atoms. The second-order valence-electron chi connectivity index (χ2n) is 4.28. The number of Topliss-reactive ketones (excluding diaryl/α,β-unsaturated/α-hetero) is 1. The van der Waals surface area contributed by atoms with E-state index in [0.29, 0.717) is 11.7 Å². The Kier molecular flexibility index (Phi) is 3.66. The van der Waals surface area contributed by atoms with Gasteiger partial charge in [0.2, 0.25) is 5.89 Å². The van der Waals surface area contributed by atoms with E-state index < -0.39 is 0 Å². The highest BCUT2D eigenvalue weighted by atomic mass is 16.5. The van der Waals surface area contributed by atoms with Crippen molar-refractivity contribution in [1.82, 2.24) is 15.0 Å². The third-order valence-corrected chi connectivity index (χ3v) is 2.76. The van der Waals surface area contributed by atoms with E-state index in [9.17, 15) is 4.79 Å². The van der Waals surface area contributed by atoms with E-state index >= 15 is 0 Å². The number of aromatic nitrogens is 2. The van der Waals surface area contributed by atoms with Gasteiger partial charge in [-0.1, -0.05) is 5.16 Å². The van der Waals surface area contributed by atoms with Crippen molar-refractivity contribution in [3.05, 3.63) is 11.7 Å². The minimum absolute atomic E-state index is 0.0507. The summed E-state index contributed by atoms with van der Waals surface area (Å²) in [5, 5.41) is 3.87. The maximum absolute atomic E-state index is 10.9. The normalized spacial score (nSPS) is 16.8. The predicted molar refractivity (Wildman–Crippen MR) is 58.1 cm³/mol. The van der Waals surface area contributed by atoms with E-state index in [1.165, 1.54) is 32.9 Å². The molecular weight excluding hydrogens is 206 g/mol. The molecule has 1 aliphatic rings. The van der Waals surface area contributed by atoms with Gasteiger partial charge in [0, 0.05) is 13.0 Å². The number of likely N-dealkylation sites (tertiary alicyclic amines) is 1. The van der Waals surface area contributed by atoms with Gasteiger partial charge >= 0.3 is 0 Å². The molecule has 5 heteroatoms. The van der Waals surface area contributed by atoms with Gasteiger partial charge in [0.25, 0.3) is 0 Å². The molecule has 0 spiro atoms. The molecule has 2 heterocycles. The van der Waals surface area contributed by atoms with E-state index in [1.54, 1.807) is 0 Å². The molecule has 88 valence electrons. The van der Waals surface area contributed by atoms with Crippen LogP contribution in [0.3, 0.4) is 0 Å². The topological polar surface area (TPSA) is 59.2 Å². The van der Waals surface area contributed by atoms with Crippen LogP contribution in [0.1, 0.15) is 31.5 Å². The van der Waals surface area contributed by atoms with E-state index in [2.05, 4.69) is 15.0 Å². The highest BCUT2D eigenvalue weighted by Gasteiger charge is 2.13. The van der Waals surface area contributed by atoms with Gasteiger partial charge in [-0.25, -0.2) is 0 Å². The Balaban J connectivity index is 1.80. The van der Waals surface area contributed by atoms with Gasteiger partial charge in [-0.15, -0.1) is 0 Å². The lowest BCUT2D eigenvalue weighted by atomic mass is 10.3. The molecule has 1 fully saturated rings. The van der Waals surface area contributed by atoms with Crippen LogP contribution in [0.15, 0.2) is 4.52 Å². The third kappa shape index (κ3) is 3.13. The maximum Gasteiger partial charge on any atom is 0.234 e. The Morgan fingerprint density at radius 1 is 1.44 bits per heavy atom. The molecule has 1 saturated heterocycles. The zero-order valence-corrected chi connectivity index (χ0v) is 9.61.